The van der Waals surface area contributed by atoms with E-state index in [4.69, 9.17) is 21.1 Å². The van der Waals surface area contributed by atoms with Gasteiger partial charge in [0.25, 0.3) is 0 Å². The third kappa shape index (κ3) is 4.99. The van der Waals surface area contributed by atoms with Gasteiger partial charge < -0.3 is 9.47 Å². The molecule has 34 heavy (non-hydrogen) atoms. The fraction of sp³-hybridized carbons (Fsp3) is 0.222. The van der Waals surface area contributed by atoms with Crippen molar-refractivity contribution in [2.45, 2.75) is 31.8 Å². The van der Waals surface area contributed by atoms with Gasteiger partial charge in [-0.05, 0) is 71.3 Å². The van der Waals surface area contributed by atoms with Gasteiger partial charge in [0, 0.05) is 11.1 Å². The number of ether oxygens (including phenoxy) is 2. The van der Waals surface area contributed by atoms with Crippen LogP contribution in [0.25, 0.3) is 21.6 Å². The molecule has 1 amide bonds. The van der Waals surface area contributed by atoms with Crippen molar-refractivity contribution in [2.24, 2.45) is 0 Å². The van der Waals surface area contributed by atoms with E-state index in [-0.39, 0.29) is 6.10 Å². The second-order valence-corrected chi connectivity index (χ2v) is 10.8. The zero-order valence-corrected chi connectivity index (χ0v) is 21.2. The van der Waals surface area contributed by atoms with Crippen LogP contribution in [0.4, 0.5) is 10.5 Å². The van der Waals surface area contributed by atoms with E-state index in [1.807, 2.05) is 35.9 Å². The molecule has 5 rings (SSSR count). The van der Waals surface area contributed by atoms with Crippen molar-refractivity contribution in [2.75, 3.05) is 12.4 Å². The van der Waals surface area contributed by atoms with Crippen molar-refractivity contribution in [1.82, 2.24) is 0 Å². The number of nitrogens with one attached hydrogen (secondary N) is 1. The Morgan fingerprint density at radius 2 is 1.85 bits per heavy atom. The number of hydrogen-bond donors (Lipinski definition) is 1. The van der Waals surface area contributed by atoms with E-state index in [1.165, 1.54) is 29.7 Å². The fourth-order valence-electron chi connectivity index (χ4n) is 3.97. The van der Waals surface area contributed by atoms with Crippen LogP contribution < -0.4 is 10.1 Å². The number of hydrogen-bond acceptors (Lipinski definition) is 5. The van der Waals surface area contributed by atoms with Crippen molar-refractivity contribution in [1.29, 1.82) is 0 Å². The number of carbonyl (C=O) groups is 1. The highest BCUT2D eigenvalue weighted by Gasteiger charge is 2.23. The van der Waals surface area contributed by atoms with Crippen molar-refractivity contribution >= 4 is 46.1 Å². The minimum absolute atomic E-state index is 0.338. The Balaban J connectivity index is 1.37. The van der Waals surface area contributed by atoms with E-state index >= 15 is 0 Å². The van der Waals surface area contributed by atoms with Crippen molar-refractivity contribution in [3.63, 3.8) is 0 Å². The van der Waals surface area contributed by atoms with Gasteiger partial charge >= 0.3 is 6.09 Å². The van der Waals surface area contributed by atoms with Crippen LogP contribution in [0.15, 0.2) is 65.4 Å². The summed E-state index contributed by atoms with van der Waals surface area (Å²) in [6.07, 6.45) is 1.72. The number of benzene rings is 2. The first kappa shape index (κ1) is 23.0. The Morgan fingerprint density at radius 3 is 2.53 bits per heavy atom. The number of rotatable bonds is 7. The van der Waals surface area contributed by atoms with Crippen LogP contribution in [0.3, 0.4) is 0 Å². The minimum Gasteiger partial charge on any atom is -0.496 e. The van der Waals surface area contributed by atoms with Gasteiger partial charge in [0.05, 0.1) is 22.0 Å². The molecule has 1 fully saturated rings. The molecule has 2 aromatic heterocycles. The van der Waals surface area contributed by atoms with Gasteiger partial charge in [0.15, 0.2) is 0 Å². The lowest BCUT2D eigenvalue weighted by Crippen LogP contribution is -2.15. The summed E-state index contributed by atoms with van der Waals surface area (Å²) >= 11 is 9.30. The first-order valence-corrected chi connectivity index (χ1v) is 13.2. The van der Waals surface area contributed by atoms with Crippen LogP contribution in [-0.2, 0) is 4.74 Å². The van der Waals surface area contributed by atoms with E-state index in [0.717, 1.165) is 38.8 Å². The predicted molar refractivity (Wildman–Crippen MR) is 142 cm³/mol. The van der Waals surface area contributed by atoms with Crippen molar-refractivity contribution in [3.05, 3.63) is 80.8 Å². The molecular weight excluding hydrogens is 486 g/mol. The quantitative estimate of drug-likeness (QED) is 0.270. The van der Waals surface area contributed by atoms with E-state index in [1.54, 1.807) is 24.5 Å². The van der Waals surface area contributed by atoms with Gasteiger partial charge in [-0.3, -0.25) is 5.32 Å². The molecule has 0 saturated heterocycles. The van der Waals surface area contributed by atoms with Crippen LogP contribution in [-0.4, -0.2) is 13.2 Å². The molecule has 2 aromatic carbocycles. The lowest BCUT2D eigenvalue weighted by Gasteiger charge is -2.14. The number of amides is 1. The molecule has 1 atom stereocenters. The Labute approximate surface area is 212 Å². The topological polar surface area (TPSA) is 47.6 Å². The molecule has 1 aliphatic carbocycles. The molecule has 174 valence electrons. The van der Waals surface area contributed by atoms with E-state index < -0.39 is 6.09 Å². The predicted octanol–water partition coefficient (Wildman–Crippen LogP) is 8.99. The summed E-state index contributed by atoms with van der Waals surface area (Å²) in [5.41, 5.74) is 6.03. The minimum atomic E-state index is -0.520. The number of methoxy groups -OCH3 is 1. The second kappa shape index (κ2) is 9.82. The highest BCUT2D eigenvalue weighted by Crippen LogP contribution is 2.44. The molecule has 2 heterocycles. The summed E-state index contributed by atoms with van der Waals surface area (Å²) in [6.45, 7) is 1.85. The third-order valence-electron chi connectivity index (χ3n) is 5.97. The average Bonchev–Trinajstić information content (AvgIpc) is 3.41. The van der Waals surface area contributed by atoms with Crippen LogP contribution in [0, 0.1) is 0 Å². The van der Waals surface area contributed by atoms with Crippen LogP contribution in [0.1, 0.15) is 42.9 Å². The first-order valence-electron chi connectivity index (χ1n) is 11.1. The number of carbonyl (C=O) groups excluding carboxylic acids is 1. The molecule has 1 N–H and O–H groups in total. The second-order valence-electron chi connectivity index (χ2n) is 8.33. The molecule has 0 radical (unpaired) electrons. The lowest BCUT2D eigenvalue weighted by atomic mass is 9.99. The third-order valence-corrected chi connectivity index (χ3v) is 7.98. The molecular formula is C27H24ClNO3S2. The summed E-state index contributed by atoms with van der Waals surface area (Å²) in [5.74, 6) is 1.49. The zero-order valence-electron chi connectivity index (χ0n) is 18.8. The number of anilines is 1. The van der Waals surface area contributed by atoms with Gasteiger partial charge in [0.1, 0.15) is 11.9 Å². The summed E-state index contributed by atoms with van der Waals surface area (Å²) in [4.78, 5) is 13.4. The summed E-state index contributed by atoms with van der Waals surface area (Å²) in [7, 11) is 1.67. The average molecular weight is 510 g/mol. The van der Waals surface area contributed by atoms with Crippen LogP contribution in [0.2, 0.25) is 4.34 Å². The maximum absolute atomic E-state index is 12.6. The van der Waals surface area contributed by atoms with Gasteiger partial charge in [-0.25, -0.2) is 4.79 Å². The normalized spacial score (nSPS) is 14.0. The van der Waals surface area contributed by atoms with Crippen LogP contribution in [0.5, 0.6) is 5.75 Å². The number of thiophene rings is 2. The molecule has 4 aromatic rings. The van der Waals surface area contributed by atoms with Gasteiger partial charge in [-0.2, -0.15) is 11.3 Å². The highest BCUT2D eigenvalue weighted by atomic mass is 35.5. The standard InChI is InChI=1S/C27H24ClNO3S2/c1-16(21-11-12-33-15-21)32-27(30)29-23-14-25(28)34-26(23)20-9-10-22(24(13-20)31-2)19-7-5-18(6-8-19)17-3-4-17/h5-17H,3-4H2,1-2H3,(H,29,30). The van der Waals surface area contributed by atoms with E-state index in [2.05, 4.69) is 35.6 Å². The molecule has 0 aliphatic heterocycles. The molecule has 7 heteroatoms. The smallest absolute Gasteiger partial charge is 0.412 e. The molecule has 0 bridgehead atoms. The maximum Gasteiger partial charge on any atom is 0.412 e. The van der Waals surface area contributed by atoms with Gasteiger partial charge in [-0.1, -0.05) is 48.0 Å². The first-order chi connectivity index (χ1) is 16.5. The van der Waals surface area contributed by atoms with Crippen LogP contribution >= 0.6 is 34.3 Å². The maximum atomic E-state index is 12.6. The summed E-state index contributed by atoms with van der Waals surface area (Å²) in [6, 6.07) is 18.5. The monoisotopic (exact) mass is 509 g/mol. The molecule has 1 saturated carbocycles. The Bertz CT molecular complexity index is 1290. The summed E-state index contributed by atoms with van der Waals surface area (Å²) < 4.78 is 11.9. The molecule has 4 nitrogen and oxygen atoms in total. The number of halogens is 1. The SMILES string of the molecule is COc1cc(-c2sc(Cl)cc2NC(=O)OC(C)c2ccsc2)ccc1-c1ccc(C2CC2)cc1. The largest absolute Gasteiger partial charge is 0.496 e. The van der Waals surface area contributed by atoms with Gasteiger partial charge in [0.2, 0.25) is 0 Å². The van der Waals surface area contributed by atoms with E-state index in [9.17, 15) is 4.79 Å². The molecule has 0 spiro atoms. The van der Waals surface area contributed by atoms with Gasteiger partial charge in [-0.15, -0.1) is 11.3 Å². The molecule has 1 unspecified atom stereocenters. The Kier molecular flexibility index (Phi) is 6.63. The summed E-state index contributed by atoms with van der Waals surface area (Å²) in [5, 5.41) is 6.79. The van der Waals surface area contributed by atoms with Crippen molar-refractivity contribution in [3.8, 4) is 27.3 Å². The zero-order chi connectivity index (χ0) is 23.7. The Morgan fingerprint density at radius 1 is 1.09 bits per heavy atom. The molecule has 1 aliphatic rings. The van der Waals surface area contributed by atoms with E-state index in [0.29, 0.717) is 10.0 Å². The fourth-order valence-corrected chi connectivity index (χ4v) is 5.88. The highest BCUT2D eigenvalue weighted by molar-refractivity contribution is 7.20. The Hall–Kier alpha value is -2.80. The van der Waals surface area contributed by atoms with Crippen molar-refractivity contribution < 1.29 is 14.3 Å². The lowest BCUT2D eigenvalue weighted by molar-refractivity contribution is 0.121.